The van der Waals surface area contributed by atoms with Crippen LogP contribution in [0.2, 0.25) is 0 Å². The molecule has 0 radical (unpaired) electrons. The van der Waals surface area contributed by atoms with E-state index in [-0.39, 0.29) is 6.04 Å². The Kier molecular flexibility index (Phi) is 4.02. The van der Waals surface area contributed by atoms with Crippen LogP contribution in [0.25, 0.3) is 0 Å². The Morgan fingerprint density at radius 3 is 2.68 bits per heavy atom. The third kappa shape index (κ3) is 3.03. The van der Waals surface area contributed by atoms with Crippen LogP contribution < -0.4 is 15.2 Å². The Labute approximate surface area is 113 Å². The molecule has 0 aliphatic rings. The van der Waals surface area contributed by atoms with Crippen LogP contribution in [-0.4, -0.2) is 12.1 Å². The van der Waals surface area contributed by atoms with Crippen molar-refractivity contribution >= 4 is 0 Å². The minimum absolute atomic E-state index is 0.139. The van der Waals surface area contributed by atoms with Gasteiger partial charge in [-0.15, -0.1) is 0 Å². The largest absolute Gasteiger partial charge is 0.493 e. The molecule has 2 rings (SSSR count). The van der Waals surface area contributed by atoms with E-state index in [2.05, 4.69) is 4.98 Å². The molecule has 19 heavy (non-hydrogen) atoms. The maximum Gasteiger partial charge on any atom is 0.224 e. The minimum Gasteiger partial charge on any atom is -0.493 e. The highest BCUT2D eigenvalue weighted by molar-refractivity contribution is 5.45. The fraction of sp³-hybridized carbons (Fsp3) is 0.267. The summed E-state index contributed by atoms with van der Waals surface area (Å²) in [6.07, 6.45) is 1.68. The Morgan fingerprint density at radius 2 is 2.00 bits per heavy atom. The third-order valence-electron chi connectivity index (χ3n) is 2.82. The predicted octanol–water partition coefficient (Wildman–Crippen LogP) is 3.21. The molecule has 2 N–H and O–H groups in total. The highest BCUT2D eigenvalue weighted by Gasteiger charge is 2.12. The Bertz CT molecular complexity index is 568. The standard InChI is InChI=1S/C15H18N2O2/c1-10-6-7-13(14(9-10)18-3)19-15-12(11(2)16)5-4-8-17-15/h4-9,11H,16H2,1-3H3/t11-/m0/s1. The number of nitrogens with zero attached hydrogens (tertiary/aromatic N) is 1. The summed E-state index contributed by atoms with van der Waals surface area (Å²) in [7, 11) is 1.62. The minimum atomic E-state index is -0.139. The molecular formula is C15H18N2O2. The fourth-order valence-corrected chi connectivity index (χ4v) is 1.80. The molecule has 4 nitrogen and oxygen atoms in total. The summed E-state index contributed by atoms with van der Waals surface area (Å²) in [5, 5.41) is 0. The second-order valence-corrected chi connectivity index (χ2v) is 4.44. The molecule has 0 amide bonds. The summed E-state index contributed by atoms with van der Waals surface area (Å²) in [5.41, 5.74) is 7.89. The quantitative estimate of drug-likeness (QED) is 0.914. The average Bonchev–Trinajstić information content (AvgIpc) is 2.41. The number of nitrogens with two attached hydrogens (primary N) is 1. The zero-order valence-electron chi connectivity index (χ0n) is 11.4. The van der Waals surface area contributed by atoms with Crippen LogP contribution in [0.15, 0.2) is 36.5 Å². The molecule has 0 spiro atoms. The highest BCUT2D eigenvalue weighted by Crippen LogP contribution is 2.33. The summed E-state index contributed by atoms with van der Waals surface area (Å²) in [6.45, 7) is 3.90. The van der Waals surface area contributed by atoms with Crippen molar-refractivity contribution in [2.24, 2.45) is 5.73 Å². The number of benzene rings is 1. The van der Waals surface area contributed by atoms with Crippen molar-refractivity contribution < 1.29 is 9.47 Å². The van der Waals surface area contributed by atoms with Gasteiger partial charge in [-0.05, 0) is 37.6 Å². The van der Waals surface area contributed by atoms with Gasteiger partial charge in [0, 0.05) is 17.8 Å². The van der Waals surface area contributed by atoms with Crippen LogP contribution in [0.3, 0.4) is 0 Å². The molecular weight excluding hydrogens is 240 g/mol. The number of rotatable bonds is 4. The molecule has 1 heterocycles. The van der Waals surface area contributed by atoms with Crippen molar-refractivity contribution in [3.63, 3.8) is 0 Å². The van der Waals surface area contributed by atoms with Gasteiger partial charge >= 0.3 is 0 Å². The van der Waals surface area contributed by atoms with Crippen LogP contribution >= 0.6 is 0 Å². The van der Waals surface area contributed by atoms with E-state index in [9.17, 15) is 0 Å². The first-order valence-corrected chi connectivity index (χ1v) is 6.15. The van der Waals surface area contributed by atoms with Gasteiger partial charge in [-0.1, -0.05) is 12.1 Å². The van der Waals surface area contributed by atoms with E-state index in [1.807, 2.05) is 44.2 Å². The monoisotopic (exact) mass is 258 g/mol. The number of pyridine rings is 1. The number of hydrogen-bond acceptors (Lipinski definition) is 4. The van der Waals surface area contributed by atoms with E-state index in [0.29, 0.717) is 17.4 Å². The number of aromatic nitrogens is 1. The van der Waals surface area contributed by atoms with Crippen LogP contribution in [0.1, 0.15) is 24.1 Å². The summed E-state index contributed by atoms with van der Waals surface area (Å²) in [4.78, 5) is 4.24. The Hall–Kier alpha value is -2.07. The molecule has 0 fully saturated rings. The molecule has 0 bridgehead atoms. The molecule has 0 saturated carbocycles. The van der Waals surface area contributed by atoms with Crippen LogP contribution in [0.5, 0.6) is 17.4 Å². The molecule has 0 aliphatic heterocycles. The zero-order valence-corrected chi connectivity index (χ0v) is 11.4. The van der Waals surface area contributed by atoms with E-state index in [4.69, 9.17) is 15.2 Å². The van der Waals surface area contributed by atoms with Gasteiger partial charge in [0.25, 0.3) is 0 Å². The van der Waals surface area contributed by atoms with Crippen molar-refractivity contribution in [2.75, 3.05) is 7.11 Å². The molecule has 1 aromatic heterocycles. The van der Waals surface area contributed by atoms with Crippen molar-refractivity contribution in [1.29, 1.82) is 0 Å². The summed E-state index contributed by atoms with van der Waals surface area (Å²) in [6, 6.07) is 9.37. The first kappa shape index (κ1) is 13.4. The molecule has 100 valence electrons. The molecule has 0 aliphatic carbocycles. The van der Waals surface area contributed by atoms with Gasteiger partial charge < -0.3 is 15.2 Å². The third-order valence-corrected chi connectivity index (χ3v) is 2.82. The van der Waals surface area contributed by atoms with E-state index >= 15 is 0 Å². The lowest BCUT2D eigenvalue weighted by molar-refractivity contribution is 0.371. The second kappa shape index (κ2) is 5.71. The molecule has 1 aromatic carbocycles. The van der Waals surface area contributed by atoms with E-state index < -0.39 is 0 Å². The van der Waals surface area contributed by atoms with Gasteiger partial charge in [-0.2, -0.15) is 0 Å². The molecule has 0 saturated heterocycles. The number of ether oxygens (including phenoxy) is 2. The summed E-state index contributed by atoms with van der Waals surface area (Å²) >= 11 is 0. The van der Waals surface area contributed by atoms with Crippen molar-refractivity contribution in [3.8, 4) is 17.4 Å². The first-order valence-electron chi connectivity index (χ1n) is 6.15. The topological polar surface area (TPSA) is 57.4 Å². The van der Waals surface area contributed by atoms with Gasteiger partial charge in [0.05, 0.1) is 7.11 Å². The van der Waals surface area contributed by atoms with Gasteiger partial charge in [0.2, 0.25) is 5.88 Å². The lowest BCUT2D eigenvalue weighted by Crippen LogP contribution is -2.07. The maximum absolute atomic E-state index is 5.91. The van der Waals surface area contributed by atoms with Crippen molar-refractivity contribution in [3.05, 3.63) is 47.7 Å². The molecule has 4 heteroatoms. The molecule has 2 aromatic rings. The fourth-order valence-electron chi connectivity index (χ4n) is 1.80. The van der Waals surface area contributed by atoms with Gasteiger partial charge in [-0.25, -0.2) is 4.98 Å². The van der Waals surface area contributed by atoms with Crippen LogP contribution in [0.4, 0.5) is 0 Å². The first-order chi connectivity index (χ1) is 9.11. The number of aryl methyl sites for hydroxylation is 1. The Morgan fingerprint density at radius 1 is 1.21 bits per heavy atom. The van der Waals surface area contributed by atoms with Crippen molar-refractivity contribution in [1.82, 2.24) is 4.98 Å². The SMILES string of the molecule is COc1cc(C)ccc1Oc1ncccc1[C@H](C)N. The average molecular weight is 258 g/mol. The smallest absolute Gasteiger partial charge is 0.224 e. The second-order valence-electron chi connectivity index (χ2n) is 4.44. The van der Waals surface area contributed by atoms with E-state index in [1.54, 1.807) is 13.3 Å². The van der Waals surface area contributed by atoms with Crippen LogP contribution in [-0.2, 0) is 0 Å². The zero-order chi connectivity index (χ0) is 13.8. The maximum atomic E-state index is 5.91. The lowest BCUT2D eigenvalue weighted by Gasteiger charge is -2.14. The van der Waals surface area contributed by atoms with Gasteiger partial charge in [-0.3, -0.25) is 0 Å². The lowest BCUT2D eigenvalue weighted by atomic mass is 10.1. The van der Waals surface area contributed by atoms with Gasteiger partial charge in [0.1, 0.15) is 0 Å². The van der Waals surface area contributed by atoms with E-state index in [1.165, 1.54) is 0 Å². The highest BCUT2D eigenvalue weighted by atomic mass is 16.5. The van der Waals surface area contributed by atoms with Crippen LogP contribution in [0, 0.1) is 6.92 Å². The number of hydrogen-bond donors (Lipinski definition) is 1. The summed E-state index contributed by atoms with van der Waals surface area (Å²) in [5.74, 6) is 1.83. The molecule has 1 atom stereocenters. The number of methoxy groups -OCH3 is 1. The summed E-state index contributed by atoms with van der Waals surface area (Å²) < 4.78 is 11.1. The predicted molar refractivity (Wildman–Crippen MR) is 74.6 cm³/mol. The molecule has 0 unspecified atom stereocenters. The van der Waals surface area contributed by atoms with Gasteiger partial charge in [0.15, 0.2) is 11.5 Å². The van der Waals surface area contributed by atoms with E-state index in [0.717, 1.165) is 11.1 Å². The normalized spacial score (nSPS) is 12.0. The van der Waals surface area contributed by atoms with Crippen molar-refractivity contribution in [2.45, 2.75) is 19.9 Å². The Balaban J connectivity index is 2.36.